The number of sulfonamides is 1. The molecule has 0 saturated heterocycles. The van der Waals surface area contributed by atoms with Gasteiger partial charge in [-0.2, -0.15) is 4.31 Å². The van der Waals surface area contributed by atoms with E-state index in [2.05, 4.69) is 18.7 Å². The second-order valence-electron chi connectivity index (χ2n) is 6.08. The Morgan fingerprint density at radius 2 is 1.73 bits per heavy atom. The molecule has 0 aliphatic rings. The Kier molecular flexibility index (Phi) is 7.69. The molecule has 0 aliphatic carbocycles. The van der Waals surface area contributed by atoms with Crippen LogP contribution in [-0.4, -0.2) is 31.6 Å². The van der Waals surface area contributed by atoms with E-state index in [9.17, 15) is 8.42 Å². The molecule has 0 radical (unpaired) electrons. The van der Waals surface area contributed by atoms with Crippen molar-refractivity contribution in [2.45, 2.75) is 23.6 Å². The third-order valence-corrected chi connectivity index (χ3v) is 6.90. The molecule has 138 valence electrons. The molecule has 0 atom stereocenters. The van der Waals surface area contributed by atoms with Gasteiger partial charge in [-0.05, 0) is 38.1 Å². The van der Waals surface area contributed by atoms with Gasteiger partial charge in [0.2, 0.25) is 10.0 Å². The highest BCUT2D eigenvalue weighted by Crippen LogP contribution is 2.20. The lowest BCUT2D eigenvalue weighted by molar-refractivity contribution is 0.473. The van der Waals surface area contributed by atoms with Crippen LogP contribution in [0.2, 0.25) is 0 Å². The molecular formula is C21H25NO2S2. The maximum atomic E-state index is 12.9. The summed E-state index contributed by atoms with van der Waals surface area (Å²) < 4.78 is 27.2. The predicted octanol–water partition coefficient (Wildman–Crippen LogP) is 4.91. The average molecular weight is 388 g/mol. The van der Waals surface area contributed by atoms with Crippen molar-refractivity contribution in [1.82, 2.24) is 4.31 Å². The van der Waals surface area contributed by atoms with Crippen LogP contribution >= 0.6 is 11.8 Å². The van der Waals surface area contributed by atoms with Crippen molar-refractivity contribution in [3.8, 4) is 0 Å². The zero-order valence-electron chi connectivity index (χ0n) is 15.3. The van der Waals surface area contributed by atoms with Crippen molar-refractivity contribution >= 4 is 21.8 Å². The Labute approximate surface area is 161 Å². The van der Waals surface area contributed by atoms with E-state index in [1.54, 1.807) is 30.0 Å². The first-order valence-electron chi connectivity index (χ1n) is 8.44. The largest absolute Gasteiger partial charge is 0.243 e. The number of nitrogens with zero attached hydrogens (tertiary/aromatic N) is 1. The third kappa shape index (κ3) is 5.87. The van der Waals surface area contributed by atoms with E-state index in [-0.39, 0.29) is 6.54 Å². The average Bonchev–Trinajstić information content (AvgIpc) is 2.64. The zero-order chi connectivity index (χ0) is 19.0. The number of aryl methyl sites for hydroxylation is 1. The highest BCUT2D eigenvalue weighted by molar-refractivity contribution is 7.99. The molecule has 0 heterocycles. The molecule has 5 heteroatoms. The summed E-state index contributed by atoms with van der Waals surface area (Å²) >= 11 is 1.74. The quantitative estimate of drug-likeness (QED) is 0.453. The van der Waals surface area contributed by atoms with Gasteiger partial charge in [0.25, 0.3) is 0 Å². The van der Waals surface area contributed by atoms with E-state index < -0.39 is 10.0 Å². The fraction of sp³-hybridized carbons (Fsp3) is 0.238. The standard InChI is InChI=1S/C21H25NO2S2/c1-4-15-22(26(23,24)21-12-10-18(2)11-13-21)16-14-19(3)17-25-20-8-6-5-7-9-20/h4-14H,1,15-17H2,2-3H3/b19-14+. The lowest BCUT2D eigenvalue weighted by Gasteiger charge is -2.19. The molecule has 0 amide bonds. The highest BCUT2D eigenvalue weighted by Gasteiger charge is 2.22. The van der Waals surface area contributed by atoms with Crippen molar-refractivity contribution < 1.29 is 8.42 Å². The van der Waals surface area contributed by atoms with Gasteiger partial charge in [-0.3, -0.25) is 0 Å². The Morgan fingerprint density at radius 3 is 2.35 bits per heavy atom. The molecule has 3 nitrogen and oxygen atoms in total. The SMILES string of the molecule is C=CCN(C/C=C(\C)CSc1ccccc1)S(=O)(=O)c1ccc(C)cc1. The van der Waals surface area contributed by atoms with Gasteiger partial charge >= 0.3 is 0 Å². The second kappa shape index (κ2) is 9.76. The first-order chi connectivity index (χ1) is 12.4. The van der Waals surface area contributed by atoms with Gasteiger partial charge in [0.1, 0.15) is 0 Å². The fourth-order valence-corrected chi connectivity index (χ4v) is 4.52. The third-order valence-electron chi connectivity index (χ3n) is 3.84. The summed E-state index contributed by atoms with van der Waals surface area (Å²) in [6.07, 6.45) is 3.60. The Morgan fingerprint density at radius 1 is 1.08 bits per heavy atom. The van der Waals surface area contributed by atoms with E-state index >= 15 is 0 Å². The molecule has 0 fully saturated rings. The van der Waals surface area contributed by atoms with Crippen LogP contribution in [0.3, 0.4) is 0 Å². The number of rotatable bonds is 9. The van der Waals surface area contributed by atoms with Gasteiger partial charge in [0.15, 0.2) is 0 Å². The minimum Gasteiger partial charge on any atom is -0.207 e. The second-order valence-corrected chi connectivity index (χ2v) is 9.06. The molecule has 0 unspecified atom stereocenters. The van der Waals surface area contributed by atoms with Crippen molar-refractivity contribution in [2.75, 3.05) is 18.8 Å². The molecule has 2 aromatic rings. The number of benzene rings is 2. The van der Waals surface area contributed by atoms with Crippen LogP contribution in [0, 0.1) is 6.92 Å². The lowest BCUT2D eigenvalue weighted by Crippen LogP contribution is -2.31. The van der Waals surface area contributed by atoms with Gasteiger partial charge in [-0.15, -0.1) is 18.3 Å². The van der Waals surface area contributed by atoms with E-state index in [0.29, 0.717) is 11.4 Å². The minimum absolute atomic E-state index is 0.284. The summed E-state index contributed by atoms with van der Waals surface area (Å²) in [5.41, 5.74) is 2.18. The first kappa shape index (κ1) is 20.5. The molecule has 0 aromatic heterocycles. The van der Waals surface area contributed by atoms with E-state index in [4.69, 9.17) is 0 Å². The van der Waals surface area contributed by atoms with E-state index in [1.807, 2.05) is 50.3 Å². The van der Waals surface area contributed by atoms with Gasteiger partial charge in [-0.1, -0.05) is 53.6 Å². The minimum atomic E-state index is -3.53. The van der Waals surface area contributed by atoms with Gasteiger partial charge in [0.05, 0.1) is 4.90 Å². The summed E-state index contributed by atoms with van der Waals surface area (Å²) in [7, 11) is -3.53. The van der Waals surface area contributed by atoms with E-state index in [0.717, 1.165) is 16.9 Å². The molecule has 2 aromatic carbocycles. The zero-order valence-corrected chi connectivity index (χ0v) is 16.9. The van der Waals surface area contributed by atoms with Crippen LogP contribution in [0.15, 0.2) is 88.7 Å². The van der Waals surface area contributed by atoms with Crippen LogP contribution in [-0.2, 0) is 10.0 Å². The molecule has 0 spiro atoms. The van der Waals surface area contributed by atoms with Crippen LogP contribution in [0.1, 0.15) is 12.5 Å². The maximum Gasteiger partial charge on any atom is 0.243 e. The number of hydrogen-bond donors (Lipinski definition) is 0. The summed E-state index contributed by atoms with van der Waals surface area (Å²) in [5, 5.41) is 0. The maximum absolute atomic E-state index is 12.9. The molecule has 0 saturated carbocycles. The first-order valence-corrected chi connectivity index (χ1v) is 10.9. The van der Waals surface area contributed by atoms with Crippen LogP contribution in [0.5, 0.6) is 0 Å². The van der Waals surface area contributed by atoms with Crippen LogP contribution in [0.4, 0.5) is 0 Å². The number of hydrogen-bond acceptors (Lipinski definition) is 3. The predicted molar refractivity (Wildman–Crippen MR) is 111 cm³/mol. The normalized spacial score (nSPS) is 12.3. The molecule has 0 bridgehead atoms. The summed E-state index contributed by atoms with van der Waals surface area (Å²) in [6.45, 7) is 8.28. The molecule has 2 rings (SSSR count). The Bertz CT molecular complexity index is 841. The number of thioether (sulfide) groups is 1. The van der Waals surface area contributed by atoms with Gasteiger partial charge in [0, 0.05) is 23.7 Å². The van der Waals surface area contributed by atoms with Crippen molar-refractivity contribution in [3.05, 3.63) is 84.5 Å². The van der Waals surface area contributed by atoms with Crippen molar-refractivity contribution in [3.63, 3.8) is 0 Å². The Hall–Kier alpha value is -1.82. The van der Waals surface area contributed by atoms with Crippen molar-refractivity contribution in [2.24, 2.45) is 0 Å². The van der Waals surface area contributed by atoms with Crippen LogP contribution in [0.25, 0.3) is 0 Å². The molecule has 26 heavy (non-hydrogen) atoms. The summed E-state index contributed by atoms with van der Waals surface area (Å²) in [5.74, 6) is 0.830. The topological polar surface area (TPSA) is 37.4 Å². The van der Waals surface area contributed by atoms with Crippen molar-refractivity contribution in [1.29, 1.82) is 0 Å². The smallest absolute Gasteiger partial charge is 0.207 e. The highest BCUT2D eigenvalue weighted by atomic mass is 32.2. The van der Waals surface area contributed by atoms with Crippen LogP contribution < -0.4 is 0 Å². The Balaban J connectivity index is 2.06. The lowest BCUT2D eigenvalue weighted by atomic mass is 10.2. The summed E-state index contributed by atoms with van der Waals surface area (Å²) in [6, 6.07) is 17.1. The van der Waals surface area contributed by atoms with Gasteiger partial charge < -0.3 is 0 Å². The van der Waals surface area contributed by atoms with E-state index in [1.165, 1.54) is 9.20 Å². The molecular weight excluding hydrogens is 362 g/mol. The molecule has 0 N–H and O–H groups in total. The fourth-order valence-electron chi connectivity index (χ4n) is 2.30. The molecule has 0 aliphatic heterocycles. The van der Waals surface area contributed by atoms with Gasteiger partial charge in [-0.25, -0.2) is 8.42 Å². The monoisotopic (exact) mass is 387 g/mol. The summed E-state index contributed by atoms with van der Waals surface area (Å²) in [4.78, 5) is 1.52.